The molecule has 0 atom stereocenters. The van der Waals surface area contributed by atoms with Crippen molar-refractivity contribution in [3.63, 3.8) is 0 Å². The molecule has 0 saturated carbocycles. The van der Waals surface area contributed by atoms with Crippen LogP contribution >= 0.6 is 23.1 Å². The van der Waals surface area contributed by atoms with Gasteiger partial charge in [-0.1, -0.05) is 16.1 Å². The van der Waals surface area contributed by atoms with Crippen molar-refractivity contribution in [2.24, 2.45) is 0 Å². The third-order valence-electron chi connectivity index (χ3n) is 2.80. The average molecular weight is 290 g/mol. The highest BCUT2D eigenvalue weighted by Gasteiger charge is 2.18. The van der Waals surface area contributed by atoms with E-state index >= 15 is 0 Å². The molecule has 2 rings (SSSR count). The number of carbonyl (C=O) groups excluding carboxylic acids is 1. The minimum atomic E-state index is 0.151. The van der Waals surface area contributed by atoms with E-state index in [0.29, 0.717) is 17.4 Å². The Bertz CT molecular complexity index is 407. The number of hydrogen-bond donors (Lipinski definition) is 1. The smallest absolute Gasteiger partial charge is 0.236 e. The van der Waals surface area contributed by atoms with E-state index in [4.69, 9.17) is 11.6 Å². The Kier molecular flexibility index (Phi) is 4.87. The zero-order valence-corrected chi connectivity index (χ0v) is 11.8. The Labute approximate surface area is 115 Å². The van der Waals surface area contributed by atoms with E-state index in [0.717, 1.165) is 31.9 Å². The maximum atomic E-state index is 12.0. The lowest BCUT2D eigenvalue weighted by atomic mass is 10.3. The predicted molar refractivity (Wildman–Crippen MR) is 70.7 cm³/mol. The van der Waals surface area contributed by atoms with Gasteiger partial charge in [-0.15, -0.1) is 5.10 Å². The molecule has 6 nitrogen and oxygen atoms in total. The lowest BCUT2D eigenvalue weighted by molar-refractivity contribution is -0.132. The van der Waals surface area contributed by atoms with Crippen molar-refractivity contribution in [3.05, 3.63) is 10.0 Å². The van der Waals surface area contributed by atoms with Gasteiger partial charge in [0.2, 0.25) is 5.91 Å². The molecule has 1 aliphatic rings. The number of aromatic nitrogens is 2. The molecule has 18 heavy (non-hydrogen) atoms. The Balaban J connectivity index is 1.81. The van der Waals surface area contributed by atoms with E-state index in [1.807, 2.05) is 16.8 Å². The molecule has 0 bridgehead atoms. The molecule has 1 aliphatic heterocycles. The van der Waals surface area contributed by atoms with Crippen molar-refractivity contribution >= 4 is 29.0 Å². The molecule has 1 aromatic rings. The third kappa shape index (κ3) is 3.61. The average Bonchev–Trinajstić information content (AvgIpc) is 2.76. The number of amides is 1. The van der Waals surface area contributed by atoms with Crippen molar-refractivity contribution in [1.29, 1.82) is 0 Å². The number of piperazine rings is 1. The first-order valence-corrected chi connectivity index (χ1v) is 6.95. The molecule has 0 aromatic carbocycles. The lowest BCUT2D eigenvalue weighted by Gasteiger charge is -2.29. The Hall–Kier alpha value is -0.760. The third-order valence-corrected chi connectivity index (χ3v) is 3.79. The molecule has 1 amide bonds. The molecule has 1 saturated heterocycles. The van der Waals surface area contributed by atoms with E-state index in [2.05, 4.69) is 14.9 Å². The largest absolute Gasteiger partial charge is 0.339 e. The maximum absolute atomic E-state index is 12.0. The van der Waals surface area contributed by atoms with Crippen LogP contribution in [-0.4, -0.2) is 65.1 Å². The van der Waals surface area contributed by atoms with Crippen LogP contribution in [0.2, 0.25) is 4.34 Å². The maximum Gasteiger partial charge on any atom is 0.236 e. The number of hydrogen-bond acceptors (Lipinski definition) is 6. The molecule has 0 radical (unpaired) electrons. The fourth-order valence-corrected chi connectivity index (χ4v) is 2.46. The van der Waals surface area contributed by atoms with E-state index in [1.54, 1.807) is 0 Å². The van der Waals surface area contributed by atoms with Gasteiger partial charge >= 0.3 is 0 Å². The second kappa shape index (κ2) is 6.42. The summed E-state index contributed by atoms with van der Waals surface area (Å²) in [6, 6.07) is 0. The number of likely N-dealkylation sites (N-methyl/N-ethyl adjacent to an activating group) is 1. The summed E-state index contributed by atoms with van der Waals surface area (Å²) < 4.78 is 4.37. The predicted octanol–water partition coefficient (Wildman–Crippen LogP) is 0.0551. The molecule has 2 heterocycles. The van der Waals surface area contributed by atoms with Crippen molar-refractivity contribution in [2.45, 2.75) is 6.54 Å². The lowest BCUT2D eigenvalue weighted by Crippen LogP contribution is -2.49. The highest BCUT2D eigenvalue weighted by Crippen LogP contribution is 2.18. The van der Waals surface area contributed by atoms with E-state index < -0.39 is 0 Å². The van der Waals surface area contributed by atoms with E-state index in [1.165, 1.54) is 11.5 Å². The van der Waals surface area contributed by atoms with Crippen molar-refractivity contribution in [3.8, 4) is 0 Å². The Morgan fingerprint density at radius 2 is 2.28 bits per heavy atom. The highest BCUT2D eigenvalue weighted by molar-refractivity contribution is 7.10. The van der Waals surface area contributed by atoms with Crippen LogP contribution in [0.1, 0.15) is 5.69 Å². The van der Waals surface area contributed by atoms with Crippen molar-refractivity contribution in [1.82, 2.24) is 24.7 Å². The van der Waals surface area contributed by atoms with Crippen LogP contribution in [0.5, 0.6) is 0 Å². The van der Waals surface area contributed by atoms with Crippen LogP contribution in [0.4, 0.5) is 0 Å². The summed E-state index contributed by atoms with van der Waals surface area (Å²) in [5, 5.41) is 7.16. The van der Waals surface area contributed by atoms with Gasteiger partial charge < -0.3 is 10.2 Å². The molecule has 1 aromatic heterocycles. The Morgan fingerprint density at radius 3 is 2.89 bits per heavy atom. The number of nitrogens with one attached hydrogen (secondary N) is 1. The van der Waals surface area contributed by atoms with Gasteiger partial charge in [-0.2, -0.15) is 0 Å². The first-order chi connectivity index (χ1) is 8.66. The van der Waals surface area contributed by atoms with Crippen LogP contribution in [-0.2, 0) is 11.3 Å². The molecule has 1 N–H and O–H groups in total. The van der Waals surface area contributed by atoms with Gasteiger partial charge in [-0.25, -0.2) is 0 Å². The SMILES string of the molecule is CN(CC(=O)N1CCNCC1)Cc1nnsc1Cl. The van der Waals surface area contributed by atoms with E-state index in [-0.39, 0.29) is 5.91 Å². The molecular formula is C10H16ClN5OS. The summed E-state index contributed by atoms with van der Waals surface area (Å²) in [7, 11) is 1.88. The minimum absolute atomic E-state index is 0.151. The van der Waals surface area contributed by atoms with Crippen LogP contribution in [0, 0.1) is 0 Å². The molecule has 0 aliphatic carbocycles. The zero-order valence-electron chi connectivity index (χ0n) is 10.2. The van der Waals surface area contributed by atoms with Gasteiger partial charge in [0.1, 0.15) is 10.0 Å². The molecule has 100 valence electrons. The normalized spacial score (nSPS) is 16.3. The fourth-order valence-electron chi connectivity index (χ4n) is 1.85. The summed E-state index contributed by atoms with van der Waals surface area (Å²) >= 11 is 7.10. The summed E-state index contributed by atoms with van der Waals surface area (Å²) in [6.45, 7) is 4.24. The molecule has 8 heteroatoms. The standard InChI is InChI=1S/C10H16ClN5OS/c1-15(6-8-10(11)18-14-13-8)7-9(17)16-4-2-12-3-5-16/h12H,2-7H2,1H3. The highest BCUT2D eigenvalue weighted by atomic mass is 35.5. The second-order valence-corrected chi connectivity index (χ2v) is 5.65. The summed E-state index contributed by atoms with van der Waals surface area (Å²) in [5.41, 5.74) is 0.734. The first-order valence-electron chi connectivity index (χ1n) is 5.80. The van der Waals surface area contributed by atoms with Gasteiger partial charge in [0.05, 0.1) is 6.54 Å². The van der Waals surface area contributed by atoms with Crippen molar-refractivity contribution in [2.75, 3.05) is 39.8 Å². The number of rotatable bonds is 4. The topological polar surface area (TPSA) is 61.4 Å². The van der Waals surface area contributed by atoms with Crippen LogP contribution in [0.3, 0.4) is 0 Å². The first kappa shape index (κ1) is 13.7. The summed E-state index contributed by atoms with van der Waals surface area (Å²) in [4.78, 5) is 15.8. The quantitative estimate of drug-likeness (QED) is 0.849. The van der Waals surface area contributed by atoms with Crippen LogP contribution in [0.25, 0.3) is 0 Å². The number of halogens is 1. The minimum Gasteiger partial charge on any atom is -0.339 e. The monoisotopic (exact) mass is 289 g/mol. The van der Waals surface area contributed by atoms with Crippen LogP contribution in [0.15, 0.2) is 0 Å². The molecule has 0 spiro atoms. The van der Waals surface area contributed by atoms with Gasteiger partial charge in [0.15, 0.2) is 0 Å². The van der Waals surface area contributed by atoms with Gasteiger partial charge in [0, 0.05) is 44.3 Å². The fraction of sp³-hybridized carbons (Fsp3) is 0.700. The van der Waals surface area contributed by atoms with Gasteiger partial charge in [0.25, 0.3) is 0 Å². The molecule has 0 unspecified atom stereocenters. The van der Waals surface area contributed by atoms with E-state index in [9.17, 15) is 4.79 Å². The summed E-state index contributed by atoms with van der Waals surface area (Å²) in [5.74, 6) is 0.151. The molecule has 1 fully saturated rings. The van der Waals surface area contributed by atoms with Gasteiger partial charge in [-0.3, -0.25) is 9.69 Å². The van der Waals surface area contributed by atoms with Crippen LogP contribution < -0.4 is 5.32 Å². The van der Waals surface area contributed by atoms with Gasteiger partial charge in [-0.05, 0) is 7.05 Å². The molecular weight excluding hydrogens is 274 g/mol. The second-order valence-electron chi connectivity index (χ2n) is 4.30. The van der Waals surface area contributed by atoms with Crippen molar-refractivity contribution < 1.29 is 4.79 Å². The number of carbonyl (C=O) groups is 1. The number of nitrogens with zero attached hydrogens (tertiary/aromatic N) is 4. The summed E-state index contributed by atoms with van der Waals surface area (Å²) in [6.07, 6.45) is 0. The zero-order chi connectivity index (χ0) is 13.0. The Morgan fingerprint density at radius 1 is 1.56 bits per heavy atom.